The lowest BCUT2D eigenvalue weighted by Gasteiger charge is -2.00. The highest BCUT2D eigenvalue weighted by molar-refractivity contribution is 5.49. The van der Waals surface area contributed by atoms with Crippen LogP contribution in [0.3, 0.4) is 0 Å². The van der Waals surface area contributed by atoms with E-state index in [1.54, 1.807) is 0 Å². The predicted molar refractivity (Wildman–Crippen MR) is 65.7 cm³/mol. The minimum absolute atomic E-state index is 0.169. The second kappa shape index (κ2) is 6.41. The summed E-state index contributed by atoms with van der Waals surface area (Å²) >= 11 is 0. The van der Waals surface area contributed by atoms with Crippen LogP contribution in [0.5, 0.6) is 0 Å². The van der Waals surface area contributed by atoms with Gasteiger partial charge in [-0.2, -0.15) is 0 Å². The fraction of sp³-hybridized carbons (Fsp3) is 0.429. The van der Waals surface area contributed by atoms with E-state index in [0.29, 0.717) is 0 Å². The molecule has 0 saturated heterocycles. The lowest BCUT2D eigenvalue weighted by Crippen LogP contribution is -1.97. The van der Waals surface area contributed by atoms with Crippen molar-refractivity contribution in [3.63, 3.8) is 0 Å². The Kier molecular flexibility index (Phi) is 5.13. The van der Waals surface area contributed by atoms with Crippen LogP contribution in [0.1, 0.15) is 37.3 Å². The number of aliphatic hydroxyl groups is 1. The van der Waals surface area contributed by atoms with Crippen LogP contribution in [0.2, 0.25) is 0 Å². The fourth-order valence-corrected chi connectivity index (χ4v) is 1.52. The quantitative estimate of drug-likeness (QED) is 0.727. The molecule has 1 atom stereocenters. The molecular formula is C14H20O. The van der Waals surface area contributed by atoms with Crippen molar-refractivity contribution >= 4 is 6.08 Å². The zero-order chi connectivity index (χ0) is 11.1. The third-order valence-electron chi connectivity index (χ3n) is 2.35. The molecule has 0 bridgehead atoms. The Labute approximate surface area is 92.5 Å². The normalized spacial score (nSPS) is 13.3. The van der Waals surface area contributed by atoms with Crippen molar-refractivity contribution in [3.05, 3.63) is 41.5 Å². The van der Waals surface area contributed by atoms with E-state index in [1.165, 1.54) is 11.1 Å². The van der Waals surface area contributed by atoms with Crippen molar-refractivity contribution in [2.45, 2.75) is 39.2 Å². The Morgan fingerprint density at radius 3 is 2.87 bits per heavy atom. The molecule has 0 spiro atoms. The van der Waals surface area contributed by atoms with E-state index < -0.39 is 0 Å². The molecule has 0 aliphatic heterocycles. The minimum atomic E-state index is -0.169. The standard InChI is InChI=1S/C14H20O/c1-12-7-6-10-14(11-12)9-5-3-4-8-13(2)15/h5-7,9-11,13,15H,3-4,8H2,1-2H3/b9-5+/t13-/m1/s1. The number of unbranched alkanes of at least 4 members (excludes halogenated alkanes) is 1. The average Bonchev–Trinajstić information content (AvgIpc) is 2.17. The van der Waals surface area contributed by atoms with Gasteiger partial charge in [0.2, 0.25) is 0 Å². The van der Waals surface area contributed by atoms with E-state index in [9.17, 15) is 0 Å². The van der Waals surface area contributed by atoms with E-state index >= 15 is 0 Å². The van der Waals surface area contributed by atoms with E-state index in [1.807, 2.05) is 6.92 Å². The summed E-state index contributed by atoms with van der Waals surface area (Å²) in [5, 5.41) is 9.08. The van der Waals surface area contributed by atoms with Crippen molar-refractivity contribution in [2.75, 3.05) is 0 Å². The van der Waals surface area contributed by atoms with Gasteiger partial charge in [0.25, 0.3) is 0 Å². The summed E-state index contributed by atoms with van der Waals surface area (Å²) < 4.78 is 0. The maximum atomic E-state index is 9.08. The molecule has 0 heterocycles. The Hall–Kier alpha value is -1.08. The van der Waals surface area contributed by atoms with Crippen molar-refractivity contribution in [1.82, 2.24) is 0 Å². The molecule has 1 aromatic carbocycles. The zero-order valence-electron chi connectivity index (χ0n) is 9.61. The lowest BCUT2D eigenvalue weighted by atomic mass is 10.1. The fourth-order valence-electron chi connectivity index (χ4n) is 1.52. The van der Waals surface area contributed by atoms with Gasteiger partial charge < -0.3 is 5.11 Å². The van der Waals surface area contributed by atoms with Gasteiger partial charge in [0.15, 0.2) is 0 Å². The lowest BCUT2D eigenvalue weighted by molar-refractivity contribution is 0.182. The molecule has 0 aliphatic carbocycles. The summed E-state index contributed by atoms with van der Waals surface area (Å²) in [7, 11) is 0. The molecular weight excluding hydrogens is 184 g/mol. The summed E-state index contributed by atoms with van der Waals surface area (Å²) in [6.45, 7) is 3.94. The molecule has 82 valence electrons. The first-order valence-electron chi connectivity index (χ1n) is 5.60. The SMILES string of the molecule is Cc1cccc(/C=C/CCC[C@@H](C)O)c1. The minimum Gasteiger partial charge on any atom is -0.393 e. The van der Waals surface area contributed by atoms with Crippen molar-refractivity contribution in [3.8, 4) is 0 Å². The molecule has 0 aromatic heterocycles. The number of benzene rings is 1. The molecule has 1 N–H and O–H groups in total. The first-order chi connectivity index (χ1) is 7.18. The second-order valence-corrected chi connectivity index (χ2v) is 4.10. The number of aryl methyl sites for hydroxylation is 1. The van der Waals surface area contributed by atoms with Crippen LogP contribution >= 0.6 is 0 Å². The molecule has 0 radical (unpaired) electrons. The molecule has 1 rings (SSSR count). The number of rotatable bonds is 5. The van der Waals surface area contributed by atoms with Gasteiger partial charge in [0.05, 0.1) is 6.10 Å². The highest BCUT2D eigenvalue weighted by atomic mass is 16.3. The van der Waals surface area contributed by atoms with Gasteiger partial charge in [-0.1, -0.05) is 42.0 Å². The molecule has 0 unspecified atom stereocenters. The van der Waals surface area contributed by atoms with Gasteiger partial charge in [0, 0.05) is 0 Å². The Morgan fingerprint density at radius 1 is 1.40 bits per heavy atom. The van der Waals surface area contributed by atoms with Crippen molar-refractivity contribution in [2.24, 2.45) is 0 Å². The van der Waals surface area contributed by atoms with E-state index in [4.69, 9.17) is 5.11 Å². The molecule has 0 fully saturated rings. The number of hydrogen-bond acceptors (Lipinski definition) is 1. The smallest absolute Gasteiger partial charge is 0.0512 e. The maximum absolute atomic E-state index is 9.08. The van der Waals surface area contributed by atoms with E-state index in [0.717, 1.165) is 19.3 Å². The largest absolute Gasteiger partial charge is 0.393 e. The Bertz CT molecular complexity index is 313. The third kappa shape index (κ3) is 5.38. The molecule has 0 aliphatic rings. The summed E-state index contributed by atoms with van der Waals surface area (Å²) in [6.07, 6.45) is 7.14. The Balaban J connectivity index is 2.32. The van der Waals surface area contributed by atoms with Crippen LogP contribution < -0.4 is 0 Å². The third-order valence-corrected chi connectivity index (χ3v) is 2.35. The number of allylic oxidation sites excluding steroid dienone is 1. The first-order valence-corrected chi connectivity index (χ1v) is 5.60. The highest BCUT2D eigenvalue weighted by Gasteiger charge is 1.92. The van der Waals surface area contributed by atoms with Crippen LogP contribution in [0.4, 0.5) is 0 Å². The number of aliphatic hydroxyl groups excluding tert-OH is 1. The molecule has 1 heteroatoms. The van der Waals surface area contributed by atoms with Crippen LogP contribution in [-0.2, 0) is 0 Å². The monoisotopic (exact) mass is 204 g/mol. The Morgan fingerprint density at radius 2 is 2.20 bits per heavy atom. The van der Waals surface area contributed by atoms with Crippen LogP contribution in [0.15, 0.2) is 30.3 Å². The second-order valence-electron chi connectivity index (χ2n) is 4.10. The molecule has 0 amide bonds. The van der Waals surface area contributed by atoms with Crippen molar-refractivity contribution in [1.29, 1.82) is 0 Å². The average molecular weight is 204 g/mol. The predicted octanol–water partition coefficient (Wildman–Crippen LogP) is 3.56. The molecule has 1 aromatic rings. The zero-order valence-corrected chi connectivity index (χ0v) is 9.61. The molecule has 1 nitrogen and oxygen atoms in total. The van der Waals surface area contributed by atoms with E-state index in [2.05, 4.69) is 43.3 Å². The van der Waals surface area contributed by atoms with Gasteiger partial charge in [-0.3, -0.25) is 0 Å². The highest BCUT2D eigenvalue weighted by Crippen LogP contribution is 2.08. The summed E-state index contributed by atoms with van der Waals surface area (Å²) in [5.41, 5.74) is 2.55. The summed E-state index contributed by atoms with van der Waals surface area (Å²) in [4.78, 5) is 0. The van der Waals surface area contributed by atoms with E-state index in [-0.39, 0.29) is 6.10 Å². The molecule has 15 heavy (non-hydrogen) atoms. The van der Waals surface area contributed by atoms with Gasteiger partial charge in [-0.15, -0.1) is 0 Å². The van der Waals surface area contributed by atoms with Gasteiger partial charge in [-0.25, -0.2) is 0 Å². The topological polar surface area (TPSA) is 20.2 Å². The van der Waals surface area contributed by atoms with Crippen LogP contribution in [0, 0.1) is 6.92 Å². The first kappa shape index (κ1) is 12.0. The van der Waals surface area contributed by atoms with Crippen LogP contribution in [-0.4, -0.2) is 11.2 Å². The van der Waals surface area contributed by atoms with Gasteiger partial charge in [-0.05, 0) is 38.7 Å². The summed E-state index contributed by atoms with van der Waals surface area (Å²) in [6, 6.07) is 8.46. The number of hydrogen-bond donors (Lipinski definition) is 1. The van der Waals surface area contributed by atoms with Gasteiger partial charge in [0.1, 0.15) is 0 Å². The van der Waals surface area contributed by atoms with Crippen LogP contribution in [0.25, 0.3) is 6.08 Å². The van der Waals surface area contributed by atoms with Crippen molar-refractivity contribution < 1.29 is 5.11 Å². The molecule has 0 saturated carbocycles. The summed E-state index contributed by atoms with van der Waals surface area (Å²) in [5.74, 6) is 0. The maximum Gasteiger partial charge on any atom is 0.0512 e. The van der Waals surface area contributed by atoms with Gasteiger partial charge >= 0.3 is 0 Å².